The first-order valence-corrected chi connectivity index (χ1v) is 5.69. The zero-order valence-electron chi connectivity index (χ0n) is 10.7. The van der Waals surface area contributed by atoms with E-state index in [0.717, 1.165) is 0 Å². The van der Waals surface area contributed by atoms with Crippen molar-refractivity contribution in [3.8, 4) is 0 Å². The number of esters is 1. The van der Waals surface area contributed by atoms with Crippen molar-refractivity contribution in [1.82, 2.24) is 10.3 Å². The summed E-state index contributed by atoms with van der Waals surface area (Å²) < 4.78 is 9.89. The Hall–Kier alpha value is -2.05. The van der Waals surface area contributed by atoms with Crippen molar-refractivity contribution in [1.29, 1.82) is 0 Å². The molecule has 0 aliphatic heterocycles. The van der Waals surface area contributed by atoms with Gasteiger partial charge < -0.3 is 19.4 Å². The maximum Gasteiger partial charge on any atom is 0.360 e. The van der Waals surface area contributed by atoms with Crippen LogP contribution >= 0.6 is 0 Å². The van der Waals surface area contributed by atoms with Crippen molar-refractivity contribution in [2.45, 2.75) is 13.8 Å². The van der Waals surface area contributed by atoms with Crippen LogP contribution in [0.4, 0.5) is 6.01 Å². The van der Waals surface area contributed by atoms with Gasteiger partial charge in [0.2, 0.25) is 5.91 Å². The number of amides is 1. The maximum atomic E-state index is 11.4. The van der Waals surface area contributed by atoms with Gasteiger partial charge in [-0.15, -0.1) is 0 Å². The number of nitrogens with one attached hydrogen (secondary N) is 1. The van der Waals surface area contributed by atoms with E-state index in [-0.39, 0.29) is 30.8 Å². The van der Waals surface area contributed by atoms with Crippen molar-refractivity contribution in [3.05, 3.63) is 12.0 Å². The van der Waals surface area contributed by atoms with Gasteiger partial charge in [-0.1, -0.05) is 0 Å². The monoisotopic (exact) mass is 255 g/mol. The summed E-state index contributed by atoms with van der Waals surface area (Å²) in [5, 5.41) is 2.65. The molecule has 1 heterocycles. The molecule has 1 aromatic rings. The first-order chi connectivity index (χ1) is 8.58. The minimum absolute atomic E-state index is 0.0922. The SMILES string of the molecule is CCNC(=O)CN(C)c1nc(C(=O)OCC)co1. The van der Waals surface area contributed by atoms with Gasteiger partial charge in [-0.05, 0) is 13.8 Å². The summed E-state index contributed by atoms with van der Waals surface area (Å²) in [5.74, 6) is -0.685. The average molecular weight is 255 g/mol. The van der Waals surface area contributed by atoms with Crippen molar-refractivity contribution in [2.24, 2.45) is 0 Å². The van der Waals surface area contributed by atoms with Gasteiger partial charge in [-0.3, -0.25) is 4.79 Å². The molecule has 0 saturated heterocycles. The second kappa shape index (κ2) is 6.63. The molecule has 1 rings (SSSR count). The highest BCUT2D eigenvalue weighted by Crippen LogP contribution is 2.12. The predicted molar refractivity (Wildman–Crippen MR) is 64.4 cm³/mol. The summed E-state index contributed by atoms with van der Waals surface area (Å²) in [6.45, 7) is 4.49. The number of anilines is 1. The number of aromatic nitrogens is 1. The fourth-order valence-corrected chi connectivity index (χ4v) is 1.27. The molecule has 1 amide bonds. The molecule has 0 saturated carbocycles. The van der Waals surface area contributed by atoms with Crippen LogP contribution in [0.2, 0.25) is 0 Å². The number of oxazole rings is 1. The van der Waals surface area contributed by atoms with Crippen LogP contribution in [0, 0.1) is 0 Å². The quantitative estimate of drug-likeness (QED) is 0.742. The molecule has 1 aromatic heterocycles. The van der Waals surface area contributed by atoms with E-state index in [0.29, 0.717) is 6.54 Å². The third-order valence-corrected chi connectivity index (χ3v) is 2.06. The molecule has 0 aromatic carbocycles. The van der Waals surface area contributed by atoms with Gasteiger partial charge in [0.25, 0.3) is 6.01 Å². The Labute approximate surface area is 105 Å². The third-order valence-electron chi connectivity index (χ3n) is 2.06. The van der Waals surface area contributed by atoms with Gasteiger partial charge in [0, 0.05) is 13.6 Å². The number of likely N-dealkylation sites (N-methyl/N-ethyl adjacent to an activating group) is 2. The summed E-state index contributed by atoms with van der Waals surface area (Å²) in [6.07, 6.45) is 1.21. The lowest BCUT2D eigenvalue weighted by Crippen LogP contribution is -2.35. The first kappa shape index (κ1) is 14.0. The van der Waals surface area contributed by atoms with Crippen molar-refractivity contribution in [2.75, 3.05) is 31.6 Å². The van der Waals surface area contributed by atoms with E-state index < -0.39 is 5.97 Å². The molecule has 0 fully saturated rings. The van der Waals surface area contributed by atoms with Crippen LogP contribution in [-0.4, -0.2) is 43.6 Å². The van der Waals surface area contributed by atoms with E-state index in [9.17, 15) is 9.59 Å². The lowest BCUT2D eigenvalue weighted by atomic mass is 10.5. The zero-order valence-corrected chi connectivity index (χ0v) is 10.7. The van der Waals surface area contributed by atoms with Crippen LogP contribution in [0.3, 0.4) is 0 Å². The summed E-state index contributed by atoms with van der Waals surface area (Å²) in [7, 11) is 1.65. The first-order valence-electron chi connectivity index (χ1n) is 5.69. The molecule has 0 aliphatic carbocycles. The van der Waals surface area contributed by atoms with Crippen LogP contribution in [0.5, 0.6) is 0 Å². The molecule has 0 unspecified atom stereocenters. The number of hydrogen-bond donors (Lipinski definition) is 1. The molecule has 0 bridgehead atoms. The predicted octanol–water partition coefficient (Wildman–Crippen LogP) is 0.424. The molecule has 100 valence electrons. The van der Waals surface area contributed by atoms with Crippen LogP contribution in [0.25, 0.3) is 0 Å². The number of rotatable bonds is 6. The highest BCUT2D eigenvalue weighted by atomic mass is 16.5. The molecule has 0 atom stereocenters. The minimum atomic E-state index is -0.543. The fourth-order valence-electron chi connectivity index (χ4n) is 1.27. The minimum Gasteiger partial charge on any atom is -0.461 e. The Morgan fingerprint density at radius 2 is 2.22 bits per heavy atom. The average Bonchev–Trinajstić information content (AvgIpc) is 2.78. The Balaban J connectivity index is 2.61. The number of nitrogens with zero attached hydrogens (tertiary/aromatic N) is 2. The fraction of sp³-hybridized carbons (Fsp3) is 0.545. The molecule has 0 radical (unpaired) electrons. The smallest absolute Gasteiger partial charge is 0.360 e. The normalized spacial score (nSPS) is 9.94. The Bertz CT molecular complexity index is 416. The highest BCUT2D eigenvalue weighted by Gasteiger charge is 2.16. The second-order valence-corrected chi connectivity index (χ2v) is 3.55. The van der Waals surface area contributed by atoms with Gasteiger partial charge in [0.1, 0.15) is 12.8 Å². The maximum absolute atomic E-state index is 11.4. The van der Waals surface area contributed by atoms with Crippen LogP contribution in [-0.2, 0) is 9.53 Å². The van der Waals surface area contributed by atoms with Gasteiger partial charge in [-0.2, -0.15) is 4.98 Å². The highest BCUT2D eigenvalue weighted by molar-refractivity contribution is 5.87. The van der Waals surface area contributed by atoms with Gasteiger partial charge in [0.15, 0.2) is 5.69 Å². The molecule has 7 heteroatoms. The largest absolute Gasteiger partial charge is 0.461 e. The van der Waals surface area contributed by atoms with E-state index in [1.54, 1.807) is 14.0 Å². The van der Waals surface area contributed by atoms with Gasteiger partial charge in [0.05, 0.1) is 6.61 Å². The second-order valence-electron chi connectivity index (χ2n) is 3.55. The molecule has 0 aliphatic rings. The Morgan fingerprint density at radius 1 is 1.50 bits per heavy atom. The molecule has 1 N–H and O–H groups in total. The van der Waals surface area contributed by atoms with Crippen molar-refractivity contribution in [3.63, 3.8) is 0 Å². The number of carbonyl (C=O) groups is 2. The topological polar surface area (TPSA) is 84.7 Å². The molecule has 0 spiro atoms. The van der Waals surface area contributed by atoms with Crippen molar-refractivity contribution < 1.29 is 18.7 Å². The summed E-state index contributed by atoms with van der Waals surface area (Å²) in [6, 6.07) is 0.198. The van der Waals surface area contributed by atoms with E-state index in [1.807, 2.05) is 6.92 Å². The Kier molecular flexibility index (Phi) is 5.16. The van der Waals surface area contributed by atoms with E-state index in [1.165, 1.54) is 11.2 Å². The van der Waals surface area contributed by atoms with E-state index >= 15 is 0 Å². The lowest BCUT2D eigenvalue weighted by Gasteiger charge is -2.13. The molecular formula is C11H17N3O4. The van der Waals surface area contributed by atoms with E-state index in [4.69, 9.17) is 9.15 Å². The third kappa shape index (κ3) is 3.76. The number of carbonyl (C=O) groups excluding carboxylic acids is 2. The molecule has 7 nitrogen and oxygen atoms in total. The standard InChI is InChI=1S/C11H17N3O4/c1-4-12-9(15)6-14(3)11-13-8(7-18-11)10(16)17-5-2/h7H,4-6H2,1-3H3,(H,12,15). The van der Waals surface area contributed by atoms with Crippen molar-refractivity contribution >= 4 is 17.9 Å². The lowest BCUT2D eigenvalue weighted by molar-refractivity contribution is -0.119. The Morgan fingerprint density at radius 3 is 2.83 bits per heavy atom. The van der Waals surface area contributed by atoms with Gasteiger partial charge >= 0.3 is 5.97 Å². The van der Waals surface area contributed by atoms with Crippen LogP contribution < -0.4 is 10.2 Å². The molecule has 18 heavy (non-hydrogen) atoms. The summed E-state index contributed by atoms with van der Waals surface area (Å²) >= 11 is 0. The van der Waals surface area contributed by atoms with Gasteiger partial charge in [-0.25, -0.2) is 4.79 Å². The van der Waals surface area contributed by atoms with Crippen LogP contribution in [0.15, 0.2) is 10.7 Å². The van der Waals surface area contributed by atoms with Crippen LogP contribution in [0.1, 0.15) is 24.3 Å². The number of ether oxygens (including phenoxy) is 1. The zero-order chi connectivity index (χ0) is 13.5. The van der Waals surface area contributed by atoms with E-state index in [2.05, 4.69) is 10.3 Å². The summed E-state index contributed by atoms with van der Waals surface area (Å²) in [5.41, 5.74) is 0.0922. The molecular weight excluding hydrogens is 238 g/mol. The number of hydrogen-bond acceptors (Lipinski definition) is 6. The summed E-state index contributed by atoms with van der Waals surface area (Å²) in [4.78, 5) is 28.2.